The van der Waals surface area contributed by atoms with Crippen LogP contribution in [-0.2, 0) is 19.2 Å². The van der Waals surface area contributed by atoms with Crippen molar-refractivity contribution in [1.82, 2.24) is 16.0 Å². The van der Waals surface area contributed by atoms with Gasteiger partial charge in [-0.15, -0.1) is 0 Å². The second-order valence-electron chi connectivity index (χ2n) is 6.81. The van der Waals surface area contributed by atoms with E-state index in [1.165, 1.54) is 6.92 Å². The highest BCUT2D eigenvalue weighted by atomic mass is 16.4. The molecule has 0 aliphatic carbocycles. The van der Waals surface area contributed by atoms with Gasteiger partial charge in [0, 0.05) is 0 Å². The number of carbonyl (C=O) groups excluding carboxylic acids is 3. The second-order valence-corrected chi connectivity index (χ2v) is 6.81. The van der Waals surface area contributed by atoms with Crippen LogP contribution in [0.1, 0.15) is 34.6 Å². The third kappa shape index (κ3) is 7.36. The molecule has 0 saturated heterocycles. The second kappa shape index (κ2) is 10.7. The number of amides is 3. The maximum Gasteiger partial charge on any atom is 0.326 e. The highest BCUT2D eigenvalue weighted by Gasteiger charge is 2.29. The molecule has 4 unspecified atom stereocenters. The molecule has 0 heterocycles. The molecule has 10 nitrogen and oxygen atoms in total. The van der Waals surface area contributed by atoms with Crippen molar-refractivity contribution in [3.8, 4) is 0 Å². The lowest BCUT2D eigenvalue weighted by atomic mass is 10.0. The Bertz CT molecular complexity index is 523. The summed E-state index contributed by atoms with van der Waals surface area (Å²) in [6.07, 6.45) is 0. The van der Waals surface area contributed by atoms with E-state index in [0.717, 1.165) is 0 Å². The molecule has 150 valence electrons. The maximum atomic E-state index is 12.1. The first kappa shape index (κ1) is 23.8. The molecule has 0 aliphatic heterocycles. The van der Waals surface area contributed by atoms with E-state index in [1.807, 2.05) is 0 Å². The highest BCUT2D eigenvalue weighted by molar-refractivity contribution is 5.94. The minimum absolute atomic E-state index is 0.161. The van der Waals surface area contributed by atoms with Gasteiger partial charge in [0.25, 0.3) is 0 Å². The van der Waals surface area contributed by atoms with Crippen LogP contribution in [0.15, 0.2) is 0 Å². The van der Waals surface area contributed by atoms with Gasteiger partial charge in [0.2, 0.25) is 17.7 Å². The largest absolute Gasteiger partial charge is 0.480 e. The highest BCUT2D eigenvalue weighted by Crippen LogP contribution is 2.02. The maximum absolute atomic E-state index is 12.1. The van der Waals surface area contributed by atoms with Crippen molar-refractivity contribution >= 4 is 23.7 Å². The van der Waals surface area contributed by atoms with Crippen molar-refractivity contribution in [1.29, 1.82) is 0 Å². The number of aliphatic hydroxyl groups is 1. The Labute approximate surface area is 152 Å². The quantitative estimate of drug-likeness (QED) is 0.261. The van der Waals surface area contributed by atoms with Gasteiger partial charge < -0.3 is 31.9 Å². The molecule has 7 N–H and O–H groups in total. The van der Waals surface area contributed by atoms with Crippen molar-refractivity contribution in [2.45, 2.75) is 58.8 Å². The number of rotatable bonds is 10. The number of nitrogens with two attached hydrogens (primary N) is 1. The average molecular weight is 374 g/mol. The summed E-state index contributed by atoms with van der Waals surface area (Å²) in [5.41, 5.74) is 5.68. The summed E-state index contributed by atoms with van der Waals surface area (Å²) in [4.78, 5) is 47.2. The zero-order valence-electron chi connectivity index (χ0n) is 15.8. The summed E-state index contributed by atoms with van der Waals surface area (Å²) in [5.74, 6) is -3.77. The van der Waals surface area contributed by atoms with E-state index < -0.39 is 54.5 Å². The molecule has 4 atom stereocenters. The molecule has 0 aromatic rings. The third-order valence-corrected chi connectivity index (χ3v) is 3.82. The summed E-state index contributed by atoms with van der Waals surface area (Å²) in [5, 5.41) is 25.4. The Morgan fingerprint density at radius 3 is 1.77 bits per heavy atom. The standard InChI is InChI=1S/C16H30N4O6/c1-7(2)11(17)15(24)19-10(6-21)14(23)18-9(5)13(22)20-12(8(3)4)16(25)26/h7-12,21H,6,17H2,1-5H3,(H,18,23)(H,19,24)(H,20,22)(H,25,26). The van der Waals surface area contributed by atoms with Crippen molar-refractivity contribution < 1.29 is 29.4 Å². The predicted molar refractivity (Wildman–Crippen MR) is 93.8 cm³/mol. The van der Waals surface area contributed by atoms with Crippen molar-refractivity contribution in [2.75, 3.05) is 6.61 Å². The van der Waals surface area contributed by atoms with Gasteiger partial charge in [-0.1, -0.05) is 27.7 Å². The van der Waals surface area contributed by atoms with Gasteiger partial charge in [0.15, 0.2) is 0 Å². The lowest BCUT2D eigenvalue weighted by molar-refractivity contribution is -0.143. The molecule has 0 aromatic heterocycles. The van der Waals surface area contributed by atoms with Crippen molar-refractivity contribution in [3.63, 3.8) is 0 Å². The minimum atomic E-state index is -1.28. The summed E-state index contributed by atoms with van der Waals surface area (Å²) in [6, 6.07) is -4.28. The number of carbonyl (C=O) groups is 4. The van der Waals surface area contributed by atoms with Gasteiger partial charge in [-0.2, -0.15) is 0 Å². The van der Waals surface area contributed by atoms with Gasteiger partial charge in [0.1, 0.15) is 18.1 Å². The number of nitrogens with one attached hydrogen (secondary N) is 3. The summed E-state index contributed by atoms with van der Waals surface area (Å²) in [6.45, 7) is 7.43. The minimum Gasteiger partial charge on any atom is -0.480 e. The number of carboxylic acids is 1. The number of aliphatic carboxylic acids is 1. The average Bonchev–Trinajstić information content (AvgIpc) is 2.54. The van der Waals surface area contributed by atoms with Crippen LogP contribution in [0.25, 0.3) is 0 Å². The fraction of sp³-hybridized carbons (Fsp3) is 0.750. The van der Waals surface area contributed by atoms with Gasteiger partial charge in [0.05, 0.1) is 12.6 Å². The SMILES string of the molecule is CC(NC(=O)C(CO)NC(=O)C(N)C(C)C)C(=O)NC(C(=O)O)C(C)C. The molecule has 0 aromatic carbocycles. The molecule has 3 amide bonds. The van der Waals surface area contributed by atoms with Crippen LogP contribution in [0, 0.1) is 11.8 Å². The number of carboxylic acid groups (broad SMARTS) is 1. The first-order valence-corrected chi connectivity index (χ1v) is 8.42. The molecular formula is C16H30N4O6. The normalized spacial score (nSPS) is 15.7. The Balaban J connectivity index is 4.82. The van der Waals surface area contributed by atoms with Crippen molar-refractivity contribution in [2.24, 2.45) is 17.6 Å². The smallest absolute Gasteiger partial charge is 0.326 e. The molecule has 26 heavy (non-hydrogen) atoms. The van der Waals surface area contributed by atoms with E-state index in [1.54, 1.807) is 27.7 Å². The Kier molecular flexibility index (Phi) is 9.81. The Hall–Kier alpha value is -2.20. The van der Waals surface area contributed by atoms with Gasteiger partial charge in [-0.05, 0) is 18.8 Å². The first-order valence-electron chi connectivity index (χ1n) is 8.42. The monoisotopic (exact) mass is 374 g/mol. The molecule has 0 radical (unpaired) electrons. The zero-order chi connectivity index (χ0) is 20.6. The fourth-order valence-corrected chi connectivity index (χ4v) is 1.94. The molecule has 0 saturated carbocycles. The van der Waals surface area contributed by atoms with E-state index in [9.17, 15) is 24.3 Å². The van der Waals surface area contributed by atoms with Crippen LogP contribution < -0.4 is 21.7 Å². The topological polar surface area (TPSA) is 171 Å². The fourth-order valence-electron chi connectivity index (χ4n) is 1.94. The Morgan fingerprint density at radius 1 is 0.846 bits per heavy atom. The summed E-state index contributed by atoms with van der Waals surface area (Å²) < 4.78 is 0. The summed E-state index contributed by atoms with van der Waals surface area (Å²) in [7, 11) is 0. The molecule has 0 rings (SSSR count). The lowest BCUT2D eigenvalue weighted by Gasteiger charge is -2.24. The van der Waals surface area contributed by atoms with Crippen LogP contribution in [-0.4, -0.2) is 64.7 Å². The van der Waals surface area contributed by atoms with E-state index in [0.29, 0.717) is 0 Å². The first-order chi connectivity index (χ1) is 11.9. The zero-order valence-corrected chi connectivity index (χ0v) is 15.8. The number of hydrogen-bond acceptors (Lipinski definition) is 6. The molecule has 0 aliphatic rings. The van der Waals surface area contributed by atoms with Crippen molar-refractivity contribution in [3.05, 3.63) is 0 Å². The van der Waals surface area contributed by atoms with Gasteiger partial charge in [-0.3, -0.25) is 14.4 Å². The van der Waals surface area contributed by atoms with Crippen LogP contribution in [0.5, 0.6) is 0 Å². The van der Waals surface area contributed by atoms with Crippen LogP contribution in [0.3, 0.4) is 0 Å². The third-order valence-electron chi connectivity index (χ3n) is 3.82. The number of hydrogen-bond donors (Lipinski definition) is 6. The van der Waals surface area contributed by atoms with Crippen LogP contribution >= 0.6 is 0 Å². The van der Waals surface area contributed by atoms with Crippen LogP contribution in [0.4, 0.5) is 0 Å². The van der Waals surface area contributed by atoms with Gasteiger partial charge >= 0.3 is 5.97 Å². The van der Waals surface area contributed by atoms with E-state index >= 15 is 0 Å². The number of aliphatic hydroxyl groups excluding tert-OH is 1. The van der Waals surface area contributed by atoms with Crippen LogP contribution in [0.2, 0.25) is 0 Å². The molecule has 0 fully saturated rings. The van der Waals surface area contributed by atoms with Gasteiger partial charge in [-0.25, -0.2) is 4.79 Å². The molecule has 10 heteroatoms. The molecule has 0 bridgehead atoms. The summed E-state index contributed by atoms with van der Waals surface area (Å²) >= 11 is 0. The van der Waals surface area contributed by atoms with E-state index in [-0.39, 0.29) is 11.8 Å². The van der Waals surface area contributed by atoms with E-state index in [4.69, 9.17) is 10.8 Å². The Morgan fingerprint density at radius 2 is 1.38 bits per heavy atom. The molecule has 0 spiro atoms. The van der Waals surface area contributed by atoms with E-state index in [2.05, 4.69) is 16.0 Å². The predicted octanol–water partition coefficient (Wildman–Crippen LogP) is -1.82. The lowest BCUT2D eigenvalue weighted by Crippen LogP contribution is -2.58. The molecular weight excluding hydrogens is 344 g/mol.